The predicted molar refractivity (Wildman–Crippen MR) is 277 cm³/mol. The number of nitrogens with zero attached hydrogens (tertiary/aromatic N) is 1. The molecule has 0 fully saturated rings. The summed E-state index contributed by atoms with van der Waals surface area (Å²) in [6, 6.07) is 77.3. The highest BCUT2D eigenvalue weighted by Gasteiger charge is 2.36. The Kier molecular flexibility index (Phi) is 7.74. The van der Waals surface area contributed by atoms with Crippen molar-refractivity contribution in [2.45, 2.75) is 19.3 Å². The molecule has 66 heavy (non-hydrogen) atoms. The van der Waals surface area contributed by atoms with Crippen LogP contribution in [0.15, 0.2) is 221 Å². The molecule has 1 aliphatic carbocycles. The molecule has 0 unspecified atom stereocenters. The Morgan fingerprint density at radius 3 is 1.68 bits per heavy atom. The van der Waals surface area contributed by atoms with Crippen molar-refractivity contribution in [2.24, 2.45) is 0 Å². The van der Waals surface area contributed by atoms with E-state index in [1.165, 1.54) is 54.6 Å². The number of para-hydroxylation sites is 2. The molecule has 13 aromatic rings. The van der Waals surface area contributed by atoms with Gasteiger partial charge >= 0.3 is 0 Å². The number of anilines is 3. The van der Waals surface area contributed by atoms with Crippen molar-refractivity contribution in [3.8, 4) is 33.4 Å². The monoisotopic (exact) mass is 843 g/mol. The van der Waals surface area contributed by atoms with Crippen LogP contribution in [-0.2, 0) is 5.41 Å². The van der Waals surface area contributed by atoms with Crippen LogP contribution in [-0.4, -0.2) is 0 Å². The fraction of sp³-hybridized carbons (Fsp3) is 0.0476. The fourth-order valence-corrected chi connectivity index (χ4v) is 11.4. The van der Waals surface area contributed by atoms with Crippen LogP contribution >= 0.6 is 0 Å². The third kappa shape index (κ3) is 5.26. The summed E-state index contributed by atoms with van der Waals surface area (Å²) < 4.78 is 13.8. The summed E-state index contributed by atoms with van der Waals surface area (Å²) in [4.78, 5) is 2.45. The van der Waals surface area contributed by atoms with Gasteiger partial charge in [-0.2, -0.15) is 0 Å². The first-order valence-electron chi connectivity index (χ1n) is 22.8. The maximum atomic E-state index is 7.25. The first-order chi connectivity index (χ1) is 32.5. The third-order valence-electron chi connectivity index (χ3n) is 14.4. The van der Waals surface area contributed by atoms with E-state index in [2.05, 4.69) is 225 Å². The van der Waals surface area contributed by atoms with Gasteiger partial charge < -0.3 is 13.7 Å². The van der Waals surface area contributed by atoms with Gasteiger partial charge in [-0.3, -0.25) is 0 Å². The van der Waals surface area contributed by atoms with Crippen molar-refractivity contribution in [2.75, 3.05) is 4.90 Å². The largest absolute Gasteiger partial charge is 0.456 e. The summed E-state index contributed by atoms with van der Waals surface area (Å²) in [5.41, 5.74) is 16.0. The minimum absolute atomic E-state index is 0.199. The van der Waals surface area contributed by atoms with Crippen LogP contribution in [0.5, 0.6) is 0 Å². The lowest BCUT2D eigenvalue weighted by atomic mass is 9.82. The number of hydrogen-bond donors (Lipinski definition) is 0. The van der Waals surface area contributed by atoms with Crippen LogP contribution in [0, 0.1) is 0 Å². The summed E-state index contributed by atoms with van der Waals surface area (Å²) in [5, 5.41) is 11.7. The molecule has 2 aromatic heterocycles. The summed E-state index contributed by atoms with van der Waals surface area (Å²) >= 11 is 0. The van der Waals surface area contributed by atoms with Gasteiger partial charge in [0, 0.05) is 38.2 Å². The van der Waals surface area contributed by atoms with Gasteiger partial charge in [0.05, 0.1) is 11.4 Å². The highest BCUT2D eigenvalue weighted by molar-refractivity contribution is 6.28. The van der Waals surface area contributed by atoms with Crippen LogP contribution in [0.25, 0.3) is 110 Å². The van der Waals surface area contributed by atoms with Crippen LogP contribution < -0.4 is 4.90 Å². The topological polar surface area (TPSA) is 29.5 Å². The molecule has 0 N–H and O–H groups in total. The Labute approximate surface area is 381 Å². The van der Waals surface area contributed by atoms with E-state index in [0.717, 1.165) is 83.2 Å². The van der Waals surface area contributed by atoms with Crippen molar-refractivity contribution in [3.63, 3.8) is 0 Å². The normalized spacial score (nSPS) is 13.1. The zero-order valence-electron chi connectivity index (χ0n) is 36.5. The lowest BCUT2D eigenvalue weighted by molar-refractivity contribution is 0.660. The van der Waals surface area contributed by atoms with Gasteiger partial charge in [0.15, 0.2) is 5.58 Å². The number of benzene rings is 11. The summed E-state index contributed by atoms with van der Waals surface area (Å²) in [5.74, 6) is 0. The van der Waals surface area contributed by atoms with Gasteiger partial charge in [-0.15, -0.1) is 0 Å². The summed E-state index contributed by atoms with van der Waals surface area (Å²) in [6.07, 6.45) is 0. The molecule has 0 spiro atoms. The molecule has 14 rings (SSSR count). The van der Waals surface area contributed by atoms with Crippen LogP contribution in [0.4, 0.5) is 17.1 Å². The average molecular weight is 844 g/mol. The SMILES string of the molecule is CC1(C)c2ccccc2-c2ccc(N(c3ccccc3-c3ccccc3)c3cc(-c4ccc5c6ccccc6c6ccccc6c5c4)cc4c3oc3ccc5oc6ccccc6c5c34)cc21. The molecule has 0 atom stereocenters. The zero-order valence-corrected chi connectivity index (χ0v) is 36.5. The van der Waals surface area contributed by atoms with E-state index in [-0.39, 0.29) is 5.41 Å². The second-order valence-electron chi connectivity index (χ2n) is 18.4. The third-order valence-corrected chi connectivity index (χ3v) is 14.4. The minimum Gasteiger partial charge on any atom is -0.456 e. The first-order valence-corrected chi connectivity index (χ1v) is 22.8. The van der Waals surface area contributed by atoms with E-state index in [1.54, 1.807) is 0 Å². The zero-order chi connectivity index (χ0) is 43.7. The van der Waals surface area contributed by atoms with E-state index in [0.29, 0.717) is 0 Å². The van der Waals surface area contributed by atoms with Gasteiger partial charge in [0.2, 0.25) is 0 Å². The fourth-order valence-electron chi connectivity index (χ4n) is 11.4. The van der Waals surface area contributed by atoms with Gasteiger partial charge in [-0.05, 0) is 126 Å². The number of hydrogen-bond acceptors (Lipinski definition) is 3. The second-order valence-corrected chi connectivity index (χ2v) is 18.4. The van der Waals surface area contributed by atoms with Gasteiger partial charge in [-0.1, -0.05) is 172 Å². The van der Waals surface area contributed by atoms with Gasteiger partial charge in [0.1, 0.15) is 16.7 Å². The number of fused-ring (bicyclic) bond motifs is 16. The molecule has 0 amide bonds. The van der Waals surface area contributed by atoms with Crippen molar-refractivity contribution in [1.82, 2.24) is 0 Å². The van der Waals surface area contributed by atoms with Crippen LogP contribution in [0.2, 0.25) is 0 Å². The quantitative estimate of drug-likeness (QED) is 0.162. The highest BCUT2D eigenvalue weighted by atomic mass is 16.3. The van der Waals surface area contributed by atoms with Crippen LogP contribution in [0.3, 0.4) is 0 Å². The molecule has 0 radical (unpaired) electrons. The molecule has 11 aromatic carbocycles. The molecule has 0 saturated heterocycles. The molecule has 0 bridgehead atoms. The molecule has 1 aliphatic rings. The van der Waals surface area contributed by atoms with Gasteiger partial charge in [0.25, 0.3) is 0 Å². The smallest absolute Gasteiger partial charge is 0.159 e. The number of furan rings is 2. The van der Waals surface area contributed by atoms with E-state index < -0.39 is 0 Å². The van der Waals surface area contributed by atoms with E-state index in [9.17, 15) is 0 Å². The molecular weight excluding hydrogens is 803 g/mol. The van der Waals surface area contributed by atoms with E-state index in [1.807, 2.05) is 6.07 Å². The summed E-state index contributed by atoms with van der Waals surface area (Å²) in [6.45, 7) is 4.71. The van der Waals surface area contributed by atoms with Crippen molar-refractivity contribution < 1.29 is 8.83 Å². The number of rotatable bonds is 5. The Bertz CT molecular complexity index is 4120. The summed E-state index contributed by atoms with van der Waals surface area (Å²) in [7, 11) is 0. The molecule has 0 aliphatic heterocycles. The average Bonchev–Trinajstić information content (AvgIpc) is 4.02. The van der Waals surface area contributed by atoms with Crippen molar-refractivity contribution in [3.05, 3.63) is 223 Å². The van der Waals surface area contributed by atoms with Gasteiger partial charge in [-0.25, -0.2) is 0 Å². The Hall–Kier alpha value is -8.40. The molecule has 310 valence electrons. The van der Waals surface area contributed by atoms with Crippen molar-refractivity contribution >= 4 is 93.3 Å². The maximum absolute atomic E-state index is 7.25. The lowest BCUT2D eigenvalue weighted by Crippen LogP contribution is -2.17. The van der Waals surface area contributed by atoms with E-state index in [4.69, 9.17) is 8.83 Å². The molecular formula is C63H41NO2. The first kappa shape index (κ1) is 37.0. The van der Waals surface area contributed by atoms with E-state index >= 15 is 0 Å². The predicted octanol–water partition coefficient (Wildman–Crippen LogP) is 18.1. The standard InChI is InChI=1S/C63H41NO2/c1-63(2)53-25-13-10-23-48(53)49-31-29-41(37-54(49)63)64(55-26-14-11-18-42(55)38-16-4-3-5-17-38)56-36-40(35-52-61-59(66-62(52)56)33-32-58-60(61)50-24-12-15-27-57(50)65-58)39-28-30-47-45-21-7-6-19-43(45)44-20-8-9-22-46(44)51(47)34-39/h3-37H,1-2H3. The Morgan fingerprint density at radius 1 is 0.333 bits per heavy atom. The van der Waals surface area contributed by atoms with Crippen LogP contribution in [0.1, 0.15) is 25.0 Å². The van der Waals surface area contributed by atoms with Crippen molar-refractivity contribution in [1.29, 1.82) is 0 Å². The Morgan fingerprint density at radius 2 is 0.909 bits per heavy atom. The molecule has 3 nitrogen and oxygen atoms in total. The minimum atomic E-state index is -0.199. The Balaban J connectivity index is 1.11. The molecule has 2 heterocycles. The molecule has 3 heteroatoms. The maximum Gasteiger partial charge on any atom is 0.159 e. The highest BCUT2D eigenvalue weighted by Crippen LogP contribution is 2.53. The molecule has 0 saturated carbocycles. The second kappa shape index (κ2) is 13.8. The lowest BCUT2D eigenvalue weighted by Gasteiger charge is -2.30.